The van der Waals surface area contributed by atoms with Crippen molar-refractivity contribution in [3.63, 3.8) is 0 Å². The summed E-state index contributed by atoms with van der Waals surface area (Å²) in [5.74, 6) is 0.943. The van der Waals surface area contributed by atoms with E-state index < -0.39 is 11.7 Å². The lowest BCUT2D eigenvalue weighted by Gasteiger charge is -2.21. The molecule has 118 valence electrons. The molecule has 0 saturated heterocycles. The molecule has 0 spiro atoms. The second-order valence-corrected chi connectivity index (χ2v) is 5.91. The number of nitrogens with zero attached hydrogens (tertiary/aromatic N) is 2. The molecule has 0 aliphatic rings. The molecule has 7 nitrogen and oxygen atoms in total. The summed E-state index contributed by atoms with van der Waals surface area (Å²) in [6.07, 6.45) is -0.463. The topological polar surface area (TPSA) is 99.4 Å². The quantitative estimate of drug-likeness (QED) is 0.859. The molecule has 1 heterocycles. The van der Waals surface area contributed by atoms with Crippen LogP contribution >= 0.6 is 0 Å². The van der Waals surface area contributed by atoms with E-state index in [0.29, 0.717) is 18.2 Å². The molecule has 1 aromatic rings. The summed E-state index contributed by atoms with van der Waals surface area (Å²) >= 11 is 0. The van der Waals surface area contributed by atoms with Crippen LogP contribution in [0.4, 0.5) is 10.6 Å². The van der Waals surface area contributed by atoms with Crippen LogP contribution in [0.15, 0.2) is 6.07 Å². The van der Waals surface area contributed by atoms with Crippen molar-refractivity contribution < 1.29 is 14.3 Å². The number of ether oxygens (including phenoxy) is 2. The van der Waals surface area contributed by atoms with E-state index in [0.717, 1.165) is 5.69 Å². The minimum absolute atomic E-state index is 0.179. The van der Waals surface area contributed by atoms with Gasteiger partial charge in [-0.05, 0) is 34.6 Å². The zero-order valence-electron chi connectivity index (χ0n) is 13.3. The maximum absolute atomic E-state index is 11.6. The van der Waals surface area contributed by atoms with Gasteiger partial charge in [-0.1, -0.05) is 0 Å². The monoisotopic (exact) mass is 296 g/mol. The fraction of sp³-hybridized carbons (Fsp3) is 0.643. The van der Waals surface area contributed by atoms with E-state index in [1.807, 2.05) is 34.6 Å². The van der Waals surface area contributed by atoms with Gasteiger partial charge in [-0.2, -0.15) is 0 Å². The molecule has 0 bridgehead atoms. The van der Waals surface area contributed by atoms with Gasteiger partial charge in [0.05, 0.1) is 12.6 Å². The van der Waals surface area contributed by atoms with E-state index >= 15 is 0 Å². The van der Waals surface area contributed by atoms with Gasteiger partial charge in [-0.3, -0.25) is 0 Å². The molecule has 1 atom stereocenters. The van der Waals surface area contributed by atoms with Crippen LogP contribution in [0.2, 0.25) is 0 Å². The number of nitrogens with two attached hydrogens (primary N) is 1. The molecule has 1 rings (SSSR count). The van der Waals surface area contributed by atoms with Crippen molar-refractivity contribution in [3.8, 4) is 0 Å². The molecule has 0 aliphatic heterocycles. The van der Waals surface area contributed by atoms with Crippen molar-refractivity contribution in [2.24, 2.45) is 0 Å². The first-order chi connectivity index (χ1) is 9.65. The minimum atomic E-state index is -0.516. The Morgan fingerprint density at radius 1 is 1.43 bits per heavy atom. The zero-order chi connectivity index (χ0) is 16.0. The molecule has 0 unspecified atom stereocenters. The summed E-state index contributed by atoms with van der Waals surface area (Å²) in [6, 6.07) is 1.51. The highest BCUT2D eigenvalue weighted by molar-refractivity contribution is 5.68. The average Bonchev–Trinajstić information content (AvgIpc) is 2.24. The van der Waals surface area contributed by atoms with Crippen LogP contribution in [0.5, 0.6) is 0 Å². The maximum atomic E-state index is 11.6. The molecule has 0 radical (unpaired) electrons. The Bertz CT molecular complexity index is 465. The Balaban J connectivity index is 2.33. The van der Waals surface area contributed by atoms with E-state index in [4.69, 9.17) is 15.2 Å². The molecular formula is C14H24N4O3. The van der Waals surface area contributed by atoms with Gasteiger partial charge in [0.2, 0.25) is 0 Å². The number of carbonyl (C=O) groups excluding carboxylic acids is 1. The first kappa shape index (κ1) is 17.2. The van der Waals surface area contributed by atoms with Crippen molar-refractivity contribution >= 4 is 11.9 Å². The van der Waals surface area contributed by atoms with Crippen LogP contribution in [0.25, 0.3) is 0 Å². The summed E-state index contributed by atoms with van der Waals surface area (Å²) < 4.78 is 10.6. The smallest absolute Gasteiger partial charge is 0.407 e. The normalized spacial score (nSPS) is 12.8. The van der Waals surface area contributed by atoms with E-state index in [-0.39, 0.29) is 12.6 Å². The zero-order valence-corrected chi connectivity index (χ0v) is 13.3. The molecule has 3 N–H and O–H groups in total. The van der Waals surface area contributed by atoms with Gasteiger partial charge in [0.1, 0.15) is 18.0 Å². The van der Waals surface area contributed by atoms with Crippen molar-refractivity contribution in [3.05, 3.63) is 17.6 Å². The maximum Gasteiger partial charge on any atom is 0.407 e. The predicted molar refractivity (Wildman–Crippen MR) is 79.7 cm³/mol. The summed E-state index contributed by atoms with van der Waals surface area (Å²) in [7, 11) is 0. The second-order valence-electron chi connectivity index (χ2n) is 5.91. The lowest BCUT2D eigenvalue weighted by Crippen LogP contribution is -2.39. The van der Waals surface area contributed by atoms with Gasteiger partial charge in [-0.25, -0.2) is 14.8 Å². The van der Waals surface area contributed by atoms with Crippen LogP contribution in [0.3, 0.4) is 0 Å². The number of hydrogen-bond acceptors (Lipinski definition) is 6. The van der Waals surface area contributed by atoms with Gasteiger partial charge in [0.15, 0.2) is 5.82 Å². The number of carbonyl (C=O) groups is 1. The highest BCUT2D eigenvalue weighted by atomic mass is 16.6. The fourth-order valence-corrected chi connectivity index (χ4v) is 1.60. The van der Waals surface area contributed by atoms with E-state index in [1.54, 1.807) is 6.07 Å². The number of nitrogen functional groups attached to an aromatic ring is 1. The fourth-order valence-electron chi connectivity index (χ4n) is 1.60. The Hall–Kier alpha value is -1.89. The number of hydrogen-bond donors (Lipinski definition) is 2. The van der Waals surface area contributed by atoms with Gasteiger partial charge >= 0.3 is 6.09 Å². The summed E-state index contributed by atoms with van der Waals surface area (Å²) in [6.45, 7) is 9.68. The Kier molecular flexibility index (Phi) is 5.90. The SMILES string of the molecule is Cc1cc(N)nc(COC[C@@H](C)NC(=O)OC(C)(C)C)n1. The number of rotatable bonds is 5. The number of nitrogens with one attached hydrogen (secondary N) is 1. The standard InChI is InChI=1S/C14H24N4O3/c1-9-6-11(15)18-12(16-9)8-20-7-10(2)17-13(19)21-14(3,4)5/h6,10H,7-8H2,1-5H3,(H,17,19)(H2,15,16,18)/t10-/m1/s1. The highest BCUT2D eigenvalue weighted by Crippen LogP contribution is 2.07. The highest BCUT2D eigenvalue weighted by Gasteiger charge is 2.17. The summed E-state index contributed by atoms with van der Waals surface area (Å²) in [5.41, 5.74) is 5.91. The van der Waals surface area contributed by atoms with E-state index in [1.165, 1.54) is 0 Å². The number of aryl methyl sites for hydroxylation is 1. The van der Waals surface area contributed by atoms with Crippen molar-refractivity contribution in [1.82, 2.24) is 15.3 Å². The number of alkyl carbamates (subject to hydrolysis) is 1. The number of anilines is 1. The van der Waals surface area contributed by atoms with Crippen molar-refractivity contribution in [2.45, 2.75) is 52.9 Å². The van der Waals surface area contributed by atoms with Crippen LogP contribution in [-0.4, -0.2) is 34.3 Å². The third-order valence-corrected chi connectivity index (χ3v) is 2.28. The van der Waals surface area contributed by atoms with Gasteiger partial charge in [0, 0.05) is 11.8 Å². The summed E-state index contributed by atoms with van der Waals surface area (Å²) in [5, 5.41) is 2.69. The third kappa shape index (κ3) is 7.45. The molecular weight excluding hydrogens is 272 g/mol. The number of aromatic nitrogens is 2. The molecule has 1 amide bonds. The predicted octanol–water partition coefficient (Wildman–Crippen LogP) is 1.80. The van der Waals surface area contributed by atoms with Crippen molar-refractivity contribution in [1.29, 1.82) is 0 Å². The van der Waals surface area contributed by atoms with Crippen LogP contribution in [-0.2, 0) is 16.1 Å². The molecule has 0 aliphatic carbocycles. The van der Waals surface area contributed by atoms with Crippen LogP contribution in [0.1, 0.15) is 39.2 Å². The second kappa shape index (κ2) is 7.21. The molecule has 21 heavy (non-hydrogen) atoms. The molecule has 7 heteroatoms. The lowest BCUT2D eigenvalue weighted by atomic mass is 10.2. The Morgan fingerprint density at radius 3 is 2.67 bits per heavy atom. The van der Waals surface area contributed by atoms with E-state index in [2.05, 4.69) is 15.3 Å². The first-order valence-corrected chi connectivity index (χ1v) is 6.83. The Morgan fingerprint density at radius 2 is 2.10 bits per heavy atom. The lowest BCUT2D eigenvalue weighted by molar-refractivity contribution is 0.0438. The van der Waals surface area contributed by atoms with Crippen molar-refractivity contribution in [2.75, 3.05) is 12.3 Å². The largest absolute Gasteiger partial charge is 0.444 e. The van der Waals surface area contributed by atoms with Gasteiger partial charge in [-0.15, -0.1) is 0 Å². The minimum Gasteiger partial charge on any atom is -0.444 e. The average molecular weight is 296 g/mol. The van der Waals surface area contributed by atoms with Crippen LogP contribution in [0, 0.1) is 6.92 Å². The van der Waals surface area contributed by atoms with Gasteiger partial charge in [0.25, 0.3) is 0 Å². The van der Waals surface area contributed by atoms with Crippen LogP contribution < -0.4 is 11.1 Å². The third-order valence-electron chi connectivity index (χ3n) is 2.28. The van der Waals surface area contributed by atoms with Gasteiger partial charge < -0.3 is 20.5 Å². The summed E-state index contributed by atoms with van der Waals surface area (Å²) in [4.78, 5) is 19.8. The molecule has 0 aromatic carbocycles. The Labute approximate surface area is 125 Å². The molecule has 0 fully saturated rings. The first-order valence-electron chi connectivity index (χ1n) is 6.83. The number of amides is 1. The molecule has 1 aromatic heterocycles. The van der Waals surface area contributed by atoms with E-state index in [9.17, 15) is 4.79 Å². The molecule has 0 saturated carbocycles.